The molecule has 0 heterocycles. The number of rotatable bonds is 7. The monoisotopic (exact) mass is 314 g/mol. The van der Waals surface area contributed by atoms with Crippen molar-refractivity contribution in [1.29, 1.82) is 0 Å². The first kappa shape index (κ1) is 16.6. The third-order valence-electron chi connectivity index (χ3n) is 2.89. The first-order valence-corrected chi connectivity index (χ1v) is 6.82. The largest absolute Gasteiger partial charge is 0.411 e. The molecule has 1 rings (SSSR count). The van der Waals surface area contributed by atoms with Gasteiger partial charge < -0.3 is 4.74 Å². The molecule has 19 heavy (non-hydrogen) atoms. The lowest BCUT2D eigenvalue weighted by Gasteiger charge is -2.30. The molecule has 0 atom stereocenters. The van der Waals surface area contributed by atoms with Gasteiger partial charge in [0.2, 0.25) is 0 Å². The van der Waals surface area contributed by atoms with Crippen molar-refractivity contribution < 1.29 is 17.9 Å². The summed E-state index contributed by atoms with van der Waals surface area (Å²) in [5.41, 5.74) is 0.353. The molecule has 0 fully saturated rings. The van der Waals surface area contributed by atoms with Gasteiger partial charge in [-0.1, -0.05) is 30.3 Å². The van der Waals surface area contributed by atoms with Gasteiger partial charge in [0.15, 0.2) is 0 Å². The molecule has 0 spiro atoms. The SMILES string of the molecule is FC(F)(F)COCCC(CCl)(CCl)c1ccccc1. The van der Waals surface area contributed by atoms with E-state index >= 15 is 0 Å². The van der Waals surface area contributed by atoms with Crippen LogP contribution in [-0.4, -0.2) is 31.2 Å². The van der Waals surface area contributed by atoms with Crippen molar-refractivity contribution in [1.82, 2.24) is 0 Å². The molecule has 0 aliphatic rings. The van der Waals surface area contributed by atoms with Gasteiger partial charge >= 0.3 is 6.18 Å². The van der Waals surface area contributed by atoms with Crippen molar-refractivity contribution in [3.05, 3.63) is 35.9 Å². The van der Waals surface area contributed by atoms with Crippen LogP contribution in [0.4, 0.5) is 13.2 Å². The van der Waals surface area contributed by atoms with Crippen molar-refractivity contribution in [2.45, 2.75) is 18.0 Å². The van der Waals surface area contributed by atoms with Gasteiger partial charge in [0.25, 0.3) is 0 Å². The summed E-state index contributed by atoms with van der Waals surface area (Å²) in [5, 5.41) is 0. The van der Waals surface area contributed by atoms with Crippen LogP contribution in [0, 0.1) is 0 Å². The predicted octanol–water partition coefficient (Wildman–Crippen LogP) is 4.37. The van der Waals surface area contributed by atoms with Gasteiger partial charge in [0.05, 0.1) is 0 Å². The van der Waals surface area contributed by atoms with E-state index in [0.29, 0.717) is 6.42 Å². The fraction of sp³-hybridized carbons (Fsp3) is 0.538. The zero-order valence-electron chi connectivity index (χ0n) is 10.2. The normalized spacial score (nSPS) is 12.7. The van der Waals surface area contributed by atoms with E-state index in [2.05, 4.69) is 4.74 Å². The van der Waals surface area contributed by atoms with Gasteiger partial charge in [-0.3, -0.25) is 0 Å². The maximum atomic E-state index is 12.0. The lowest BCUT2D eigenvalue weighted by atomic mass is 9.81. The minimum absolute atomic E-state index is 0.0339. The molecule has 0 aromatic heterocycles. The lowest BCUT2D eigenvalue weighted by Crippen LogP contribution is -2.32. The highest BCUT2D eigenvalue weighted by molar-refractivity contribution is 6.22. The van der Waals surface area contributed by atoms with E-state index in [9.17, 15) is 13.2 Å². The number of ether oxygens (including phenoxy) is 1. The van der Waals surface area contributed by atoms with Gasteiger partial charge in [-0.2, -0.15) is 13.2 Å². The third kappa shape index (κ3) is 5.21. The molecular weight excluding hydrogens is 300 g/mol. The minimum atomic E-state index is -4.31. The molecule has 0 saturated heterocycles. The summed E-state index contributed by atoms with van der Waals surface area (Å²) in [5.74, 6) is 0.464. The van der Waals surface area contributed by atoms with Crippen LogP contribution in [0.5, 0.6) is 0 Å². The van der Waals surface area contributed by atoms with Crippen LogP contribution in [0.3, 0.4) is 0 Å². The molecule has 1 aromatic carbocycles. The number of alkyl halides is 5. The topological polar surface area (TPSA) is 9.23 Å². The Bertz CT molecular complexity index is 364. The molecule has 0 aliphatic heterocycles. The highest BCUT2D eigenvalue weighted by Crippen LogP contribution is 2.31. The fourth-order valence-electron chi connectivity index (χ4n) is 1.72. The van der Waals surface area contributed by atoms with Crippen LogP contribution in [-0.2, 0) is 10.2 Å². The van der Waals surface area contributed by atoms with E-state index in [1.807, 2.05) is 30.3 Å². The van der Waals surface area contributed by atoms with Gasteiger partial charge in [-0.05, 0) is 12.0 Å². The minimum Gasteiger partial charge on any atom is -0.372 e. The predicted molar refractivity (Wildman–Crippen MR) is 71.1 cm³/mol. The van der Waals surface area contributed by atoms with Gasteiger partial charge in [0, 0.05) is 23.8 Å². The van der Waals surface area contributed by atoms with Crippen LogP contribution in [0.2, 0.25) is 0 Å². The average Bonchev–Trinajstić information content (AvgIpc) is 2.39. The Morgan fingerprint density at radius 3 is 2.05 bits per heavy atom. The second kappa shape index (κ2) is 7.36. The smallest absolute Gasteiger partial charge is 0.372 e. The Labute approximate surface area is 120 Å². The molecule has 0 radical (unpaired) electrons. The molecule has 0 unspecified atom stereocenters. The average molecular weight is 315 g/mol. The summed E-state index contributed by atoms with van der Waals surface area (Å²) in [4.78, 5) is 0. The van der Waals surface area contributed by atoms with E-state index in [-0.39, 0.29) is 18.4 Å². The Balaban J connectivity index is 2.63. The van der Waals surface area contributed by atoms with Crippen LogP contribution in [0.15, 0.2) is 30.3 Å². The van der Waals surface area contributed by atoms with Gasteiger partial charge in [0.1, 0.15) is 6.61 Å². The standard InChI is InChI=1S/C13H15Cl2F3O/c14-8-12(9-15,11-4-2-1-3-5-11)6-7-19-10-13(16,17)18/h1-5H,6-10H2. The molecule has 0 amide bonds. The van der Waals surface area contributed by atoms with Crippen molar-refractivity contribution in [3.63, 3.8) is 0 Å². The molecule has 0 saturated carbocycles. The lowest BCUT2D eigenvalue weighted by molar-refractivity contribution is -0.174. The van der Waals surface area contributed by atoms with Crippen molar-refractivity contribution in [2.75, 3.05) is 25.0 Å². The molecule has 1 nitrogen and oxygen atoms in total. The fourth-order valence-corrected chi connectivity index (χ4v) is 2.58. The molecule has 1 aromatic rings. The Hall–Kier alpha value is -0.450. The Morgan fingerprint density at radius 2 is 1.58 bits per heavy atom. The number of hydrogen-bond donors (Lipinski definition) is 0. The zero-order valence-corrected chi connectivity index (χ0v) is 11.7. The summed E-state index contributed by atoms with van der Waals surface area (Å²) in [6, 6.07) is 9.29. The number of halogens is 5. The summed E-state index contributed by atoms with van der Waals surface area (Å²) < 4.78 is 40.6. The zero-order chi connectivity index (χ0) is 14.4. The van der Waals surface area contributed by atoms with E-state index in [0.717, 1.165) is 5.56 Å². The second-order valence-corrected chi connectivity index (χ2v) is 4.87. The summed E-state index contributed by atoms with van der Waals surface area (Å²) >= 11 is 11.9. The van der Waals surface area contributed by atoms with Crippen LogP contribution < -0.4 is 0 Å². The first-order valence-electron chi connectivity index (χ1n) is 5.75. The highest BCUT2D eigenvalue weighted by Gasteiger charge is 2.32. The van der Waals surface area contributed by atoms with Gasteiger partial charge in [-0.25, -0.2) is 0 Å². The van der Waals surface area contributed by atoms with Crippen LogP contribution in [0.1, 0.15) is 12.0 Å². The van der Waals surface area contributed by atoms with Crippen LogP contribution >= 0.6 is 23.2 Å². The molecule has 6 heteroatoms. The van der Waals surface area contributed by atoms with Crippen LogP contribution in [0.25, 0.3) is 0 Å². The second-order valence-electron chi connectivity index (χ2n) is 4.33. The Kier molecular flexibility index (Phi) is 6.43. The highest BCUT2D eigenvalue weighted by atomic mass is 35.5. The van der Waals surface area contributed by atoms with Crippen molar-refractivity contribution in [3.8, 4) is 0 Å². The number of benzene rings is 1. The summed E-state index contributed by atoms with van der Waals surface area (Å²) in [6.45, 7) is -1.28. The van der Waals surface area contributed by atoms with Gasteiger partial charge in [-0.15, -0.1) is 23.2 Å². The molecule has 0 aliphatic carbocycles. The van der Waals surface area contributed by atoms with E-state index in [1.165, 1.54) is 0 Å². The van der Waals surface area contributed by atoms with E-state index in [4.69, 9.17) is 23.2 Å². The van der Waals surface area contributed by atoms with E-state index < -0.39 is 18.2 Å². The maximum absolute atomic E-state index is 12.0. The summed E-state index contributed by atoms with van der Waals surface area (Å²) in [7, 11) is 0. The molecule has 0 N–H and O–H groups in total. The van der Waals surface area contributed by atoms with Crippen molar-refractivity contribution in [2.24, 2.45) is 0 Å². The first-order chi connectivity index (χ1) is 8.93. The molecular formula is C13H15Cl2F3O. The molecule has 0 bridgehead atoms. The van der Waals surface area contributed by atoms with E-state index in [1.54, 1.807) is 0 Å². The van der Waals surface area contributed by atoms with Crippen molar-refractivity contribution >= 4 is 23.2 Å². The summed E-state index contributed by atoms with van der Waals surface area (Å²) in [6.07, 6.45) is -3.96. The Morgan fingerprint density at radius 1 is 1.00 bits per heavy atom. The maximum Gasteiger partial charge on any atom is 0.411 e. The number of hydrogen-bond acceptors (Lipinski definition) is 1. The quantitative estimate of drug-likeness (QED) is 0.536. The molecule has 108 valence electrons. The third-order valence-corrected chi connectivity index (χ3v) is 3.91.